The second-order valence-corrected chi connectivity index (χ2v) is 5.32. The minimum absolute atomic E-state index is 0.0332. The fourth-order valence-corrected chi connectivity index (χ4v) is 2.14. The lowest BCUT2D eigenvalue weighted by Gasteiger charge is -2.17. The minimum atomic E-state index is -0.404. The van der Waals surface area contributed by atoms with Gasteiger partial charge in [0.1, 0.15) is 0 Å². The smallest absolute Gasteiger partial charge is 0.311 e. The van der Waals surface area contributed by atoms with Gasteiger partial charge in [-0.2, -0.15) is 0 Å². The van der Waals surface area contributed by atoms with Crippen molar-refractivity contribution in [1.29, 1.82) is 0 Å². The highest BCUT2D eigenvalue weighted by Gasteiger charge is 2.17. The molecule has 0 atom stereocenters. The number of anilines is 1. The number of hydrogen-bond donors (Lipinski definition) is 0. The van der Waals surface area contributed by atoms with Crippen LogP contribution in [0.1, 0.15) is 5.56 Å². The predicted octanol–water partition coefficient (Wildman–Crippen LogP) is 3.43. The van der Waals surface area contributed by atoms with Crippen molar-refractivity contribution in [2.45, 2.75) is 6.42 Å². The molecular weight excluding hydrogens is 322 g/mol. The van der Waals surface area contributed by atoms with Crippen LogP contribution in [0.15, 0.2) is 47.1 Å². The molecule has 6 heteroatoms. The van der Waals surface area contributed by atoms with E-state index in [0.717, 1.165) is 10.9 Å². The molecule has 0 aliphatic rings. The third-order valence-electron chi connectivity index (χ3n) is 2.97. The van der Waals surface area contributed by atoms with E-state index in [1.165, 1.54) is 11.6 Å². The second kappa shape index (κ2) is 6.47. The van der Waals surface area contributed by atoms with Crippen molar-refractivity contribution in [2.24, 2.45) is 0 Å². The standard InChI is InChI=1S/C14H14BrN3O2/c1-17(10-8-11-4-6-12(15)7-5-11)14-13(18(19)20)3-2-9-16-14/h2-7,9H,8,10H2,1H3. The van der Waals surface area contributed by atoms with E-state index in [1.54, 1.807) is 17.2 Å². The van der Waals surface area contributed by atoms with Crippen molar-refractivity contribution in [3.05, 3.63) is 62.7 Å². The first kappa shape index (κ1) is 14.5. The quantitative estimate of drug-likeness (QED) is 0.620. The summed E-state index contributed by atoms with van der Waals surface area (Å²) in [5.41, 5.74) is 1.21. The number of pyridine rings is 1. The number of nitro groups is 1. The van der Waals surface area contributed by atoms with Crippen molar-refractivity contribution in [3.63, 3.8) is 0 Å². The number of nitrogens with zero attached hydrogens (tertiary/aromatic N) is 3. The average molecular weight is 336 g/mol. The number of likely N-dealkylation sites (N-methyl/N-ethyl adjacent to an activating group) is 1. The highest BCUT2D eigenvalue weighted by atomic mass is 79.9. The first-order valence-corrected chi connectivity index (χ1v) is 6.92. The maximum atomic E-state index is 11.0. The molecule has 1 aromatic carbocycles. The van der Waals surface area contributed by atoms with Gasteiger partial charge in [-0.15, -0.1) is 0 Å². The first-order valence-electron chi connectivity index (χ1n) is 6.13. The molecule has 1 aromatic heterocycles. The third kappa shape index (κ3) is 3.54. The summed E-state index contributed by atoms with van der Waals surface area (Å²) < 4.78 is 1.04. The lowest BCUT2D eigenvalue weighted by Crippen LogP contribution is -2.22. The van der Waals surface area contributed by atoms with E-state index in [4.69, 9.17) is 0 Å². The normalized spacial score (nSPS) is 10.3. The number of aromatic nitrogens is 1. The maximum Gasteiger partial charge on any atom is 0.311 e. The Kier molecular flexibility index (Phi) is 4.68. The molecule has 0 unspecified atom stereocenters. The zero-order chi connectivity index (χ0) is 14.5. The van der Waals surface area contributed by atoms with Gasteiger partial charge in [0.05, 0.1) is 4.92 Å². The van der Waals surface area contributed by atoms with Crippen LogP contribution in [0.3, 0.4) is 0 Å². The van der Waals surface area contributed by atoms with E-state index < -0.39 is 4.92 Å². The Morgan fingerprint density at radius 2 is 2.00 bits per heavy atom. The van der Waals surface area contributed by atoms with Crippen LogP contribution in [0.4, 0.5) is 11.5 Å². The highest BCUT2D eigenvalue weighted by molar-refractivity contribution is 9.10. The molecular formula is C14H14BrN3O2. The van der Waals surface area contributed by atoms with Crippen LogP contribution in [-0.4, -0.2) is 23.5 Å². The molecule has 0 bridgehead atoms. The second-order valence-electron chi connectivity index (χ2n) is 4.40. The van der Waals surface area contributed by atoms with Crippen molar-refractivity contribution in [1.82, 2.24) is 4.98 Å². The van der Waals surface area contributed by atoms with Gasteiger partial charge in [0, 0.05) is 30.3 Å². The van der Waals surface area contributed by atoms with Crippen LogP contribution in [0, 0.1) is 10.1 Å². The molecule has 20 heavy (non-hydrogen) atoms. The Morgan fingerprint density at radius 3 is 2.65 bits per heavy atom. The van der Waals surface area contributed by atoms with E-state index in [2.05, 4.69) is 20.9 Å². The minimum Gasteiger partial charge on any atom is -0.354 e. The molecule has 2 rings (SSSR count). The van der Waals surface area contributed by atoms with Gasteiger partial charge in [0.2, 0.25) is 5.82 Å². The lowest BCUT2D eigenvalue weighted by atomic mass is 10.1. The Hall–Kier alpha value is -1.95. The predicted molar refractivity (Wildman–Crippen MR) is 82.0 cm³/mol. The molecule has 0 saturated heterocycles. The SMILES string of the molecule is CN(CCc1ccc(Br)cc1)c1ncccc1[N+](=O)[O-]. The van der Waals surface area contributed by atoms with Crippen LogP contribution in [-0.2, 0) is 6.42 Å². The van der Waals surface area contributed by atoms with Crippen LogP contribution in [0.25, 0.3) is 0 Å². The van der Waals surface area contributed by atoms with E-state index in [1.807, 2.05) is 31.3 Å². The molecule has 0 amide bonds. The molecule has 0 fully saturated rings. The maximum absolute atomic E-state index is 11.0. The Bertz CT molecular complexity index is 602. The summed E-state index contributed by atoms with van der Waals surface area (Å²) in [7, 11) is 1.81. The molecule has 104 valence electrons. The Balaban J connectivity index is 2.07. The Labute approximate surface area is 125 Å². The molecule has 1 heterocycles. The van der Waals surface area contributed by atoms with Crippen molar-refractivity contribution >= 4 is 27.4 Å². The number of halogens is 1. The van der Waals surface area contributed by atoms with Gasteiger partial charge < -0.3 is 4.90 Å². The zero-order valence-electron chi connectivity index (χ0n) is 11.0. The summed E-state index contributed by atoms with van der Waals surface area (Å²) in [6.07, 6.45) is 2.37. The number of hydrogen-bond acceptors (Lipinski definition) is 4. The van der Waals surface area contributed by atoms with Crippen LogP contribution in [0.2, 0.25) is 0 Å². The average Bonchev–Trinajstić information content (AvgIpc) is 2.46. The Morgan fingerprint density at radius 1 is 1.30 bits per heavy atom. The topological polar surface area (TPSA) is 59.3 Å². The number of benzene rings is 1. The molecule has 0 aliphatic carbocycles. The van der Waals surface area contributed by atoms with Crippen LogP contribution >= 0.6 is 15.9 Å². The van der Waals surface area contributed by atoms with Gasteiger partial charge in [0.25, 0.3) is 0 Å². The van der Waals surface area contributed by atoms with Gasteiger partial charge >= 0.3 is 5.69 Å². The molecule has 0 saturated carbocycles. The molecule has 0 N–H and O–H groups in total. The van der Waals surface area contributed by atoms with Gasteiger partial charge in [-0.25, -0.2) is 4.98 Å². The largest absolute Gasteiger partial charge is 0.354 e. The fourth-order valence-electron chi connectivity index (χ4n) is 1.88. The first-order chi connectivity index (χ1) is 9.58. The summed E-state index contributed by atoms with van der Waals surface area (Å²) in [6, 6.07) is 11.1. The lowest BCUT2D eigenvalue weighted by molar-refractivity contribution is -0.384. The molecule has 2 aromatic rings. The molecule has 0 spiro atoms. The van der Waals surface area contributed by atoms with Crippen molar-refractivity contribution < 1.29 is 4.92 Å². The summed E-state index contributed by atoms with van der Waals surface area (Å²) in [5, 5.41) is 11.0. The van der Waals surface area contributed by atoms with E-state index in [-0.39, 0.29) is 5.69 Å². The van der Waals surface area contributed by atoms with Gasteiger partial charge in [-0.05, 0) is 30.2 Å². The van der Waals surface area contributed by atoms with Crippen molar-refractivity contribution in [3.8, 4) is 0 Å². The summed E-state index contributed by atoms with van der Waals surface area (Å²) in [5.74, 6) is 0.398. The summed E-state index contributed by atoms with van der Waals surface area (Å²) >= 11 is 3.39. The number of rotatable bonds is 5. The van der Waals surface area contributed by atoms with E-state index in [9.17, 15) is 10.1 Å². The highest BCUT2D eigenvalue weighted by Crippen LogP contribution is 2.23. The fraction of sp³-hybridized carbons (Fsp3) is 0.214. The van der Waals surface area contributed by atoms with Crippen LogP contribution < -0.4 is 4.90 Å². The van der Waals surface area contributed by atoms with Gasteiger partial charge in [-0.1, -0.05) is 28.1 Å². The van der Waals surface area contributed by atoms with Crippen molar-refractivity contribution in [2.75, 3.05) is 18.5 Å². The molecule has 0 radical (unpaired) electrons. The van der Waals surface area contributed by atoms with Gasteiger partial charge in [0.15, 0.2) is 0 Å². The summed E-state index contributed by atoms with van der Waals surface area (Å²) in [6.45, 7) is 0.666. The van der Waals surface area contributed by atoms with E-state index >= 15 is 0 Å². The van der Waals surface area contributed by atoms with Crippen LogP contribution in [0.5, 0.6) is 0 Å². The van der Waals surface area contributed by atoms with E-state index in [0.29, 0.717) is 12.4 Å². The molecule has 5 nitrogen and oxygen atoms in total. The zero-order valence-corrected chi connectivity index (χ0v) is 12.6. The molecule has 0 aliphatic heterocycles. The monoisotopic (exact) mass is 335 g/mol. The summed E-state index contributed by atoms with van der Waals surface area (Å²) in [4.78, 5) is 16.5. The van der Waals surface area contributed by atoms with Gasteiger partial charge in [-0.3, -0.25) is 10.1 Å². The third-order valence-corrected chi connectivity index (χ3v) is 3.50.